The zero-order chi connectivity index (χ0) is 26.5. The van der Waals surface area contributed by atoms with Crippen LogP contribution in [0.25, 0.3) is 5.69 Å². The summed E-state index contributed by atoms with van der Waals surface area (Å²) in [6, 6.07) is 17.2. The summed E-state index contributed by atoms with van der Waals surface area (Å²) in [6.45, 7) is 7.28. The predicted molar refractivity (Wildman–Crippen MR) is 140 cm³/mol. The van der Waals surface area contributed by atoms with Crippen LogP contribution < -0.4 is 10.1 Å². The molecule has 4 rings (SSSR count). The molecule has 0 amide bonds. The van der Waals surface area contributed by atoms with Crippen molar-refractivity contribution in [1.29, 1.82) is 0 Å². The van der Waals surface area contributed by atoms with Gasteiger partial charge in [-0.2, -0.15) is 0 Å². The first-order valence-electron chi connectivity index (χ1n) is 11.9. The number of aromatic carboxylic acids is 1. The standard InChI is InChI=1S/C28H28ClFN4O3/c1-17(2)26-25(34(33-32-26)27-23(29)8-5-9-24(27)30)16-37-22-11-10-21(18(3)12-22)15-31-14-19-6-4-7-20(13-19)28(35)36/h4-13,17,31H,14-16H2,1-3H3,(H,35,36). The molecule has 0 aliphatic rings. The third-order valence-electron chi connectivity index (χ3n) is 6.00. The molecule has 1 heterocycles. The molecule has 1 aromatic heterocycles. The van der Waals surface area contributed by atoms with Crippen molar-refractivity contribution in [3.63, 3.8) is 0 Å². The average Bonchev–Trinajstić information content (AvgIpc) is 3.28. The number of nitrogens with one attached hydrogen (secondary N) is 1. The van der Waals surface area contributed by atoms with Crippen LogP contribution in [-0.4, -0.2) is 26.1 Å². The molecule has 37 heavy (non-hydrogen) atoms. The number of carbonyl (C=O) groups is 1. The molecule has 0 fully saturated rings. The summed E-state index contributed by atoms with van der Waals surface area (Å²) in [5.41, 5.74) is 4.79. The normalized spacial score (nSPS) is 11.2. The van der Waals surface area contributed by atoms with E-state index in [1.54, 1.807) is 30.3 Å². The number of para-hydroxylation sites is 1. The van der Waals surface area contributed by atoms with Crippen LogP contribution in [-0.2, 0) is 19.7 Å². The molecular weight excluding hydrogens is 495 g/mol. The summed E-state index contributed by atoms with van der Waals surface area (Å²) >= 11 is 6.28. The van der Waals surface area contributed by atoms with Gasteiger partial charge in [0, 0.05) is 13.1 Å². The number of hydrogen-bond acceptors (Lipinski definition) is 5. The minimum absolute atomic E-state index is 0.0595. The van der Waals surface area contributed by atoms with Crippen LogP contribution >= 0.6 is 11.6 Å². The van der Waals surface area contributed by atoms with Gasteiger partial charge >= 0.3 is 5.97 Å². The van der Waals surface area contributed by atoms with Crippen molar-refractivity contribution < 1.29 is 19.0 Å². The molecular formula is C28H28ClFN4O3. The number of rotatable bonds is 10. The summed E-state index contributed by atoms with van der Waals surface area (Å²) in [6.07, 6.45) is 0. The van der Waals surface area contributed by atoms with Crippen LogP contribution in [0.4, 0.5) is 4.39 Å². The van der Waals surface area contributed by atoms with Crippen molar-refractivity contribution in [2.75, 3.05) is 0 Å². The number of halogens is 2. The van der Waals surface area contributed by atoms with Crippen LogP contribution in [0.5, 0.6) is 5.75 Å². The third kappa shape index (κ3) is 6.15. The SMILES string of the molecule is Cc1cc(OCc2c(C(C)C)nnn2-c2c(F)cccc2Cl)ccc1CNCc1cccc(C(=O)O)c1. The second-order valence-corrected chi connectivity index (χ2v) is 9.45. The largest absolute Gasteiger partial charge is 0.487 e. The number of hydrogen-bond donors (Lipinski definition) is 2. The first kappa shape index (κ1) is 26.3. The highest BCUT2D eigenvalue weighted by Crippen LogP contribution is 2.28. The molecule has 0 spiro atoms. The van der Waals surface area contributed by atoms with E-state index in [1.807, 2.05) is 45.0 Å². The van der Waals surface area contributed by atoms with E-state index in [1.165, 1.54) is 10.7 Å². The van der Waals surface area contributed by atoms with Gasteiger partial charge < -0.3 is 15.2 Å². The second-order valence-electron chi connectivity index (χ2n) is 9.04. The lowest BCUT2D eigenvalue weighted by Crippen LogP contribution is -2.14. The molecule has 0 unspecified atom stereocenters. The van der Waals surface area contributed by atoms with E-state index in [0.29, 0.717) is 30.2 Å². The van der Waals surface area contributed by atoms with Gasteiger partial charge in [0.1, 0.15) is 29.6 Å². The van der Waals surface area contributed by atoms with Crippen LogP contribution in [0.1, 0.15) is 58.2 Å². The lowest BCUT2D eigenvalue weighted by Gasteiger charge is -2.14. The maximum absolute atomic E-state index is 14.6. The van der Waals surface area contributed by atoms with E-state index in [0.717, 1.165) is 16.7 Å². The summed E-state index contributed by atoms with van der Waals surface area (Å²) in [5.74, 6) is -0.706. The molecule has 7 nitrogen and oxygen atoms in total. The van der Waals surface area contributed by atoms with Gasteiger partial charge in [0.2, 0.25) is 0 Å². The Kier molecular flexibility index (Phi) is 8.21. The fourth-order valence-electron chi connectivity index (χ4n) is 4.03. The monoisotopic (exact) mass is 522 g/mol. The first-order chi connectivity index (χ1) is 17.7. The Balaban J connectivity index is 1.45. The Labute approximate surface area is 219 Å². The van der Waals surface area contributed by atoms with E-state index in [-0.39, 0.29) is 28.8 Å². The van der Waals surface area contributed by atoms with Crippen molar-refractivity contribution in [1.82, 2.24) is 20.3 Å². The minimum Gasteiger partial charge on any atom is -0.487 e. The van der Waals surface area contributed by atoms with Crippen molar-refractivity contribution in [3.8, 4) is 11.4 Å². The van der Waals surface area contributed by atoms with Gasteiger partial charge in [0.25, 0.3) is 0 Å². The molecule has 0 aliphatic heterocycles. The summed E-state index contributed by atoms with van der Waals surface area (Å²) in [7, 11) is 0. The topological polar surface area (TPSA) is 89.3 Å². The Hall–Kier alpha value is -3.75. The Morgan fingerprint density at radius 1 is 1.14 bits per heavy atom. The zero-order valence-electron chi connectivity index (χ0n) is 20.8. The first-order valence-corrected chi connectivity index (χ1v) is 12.3. The highest BCUT2D eigenvalue weighted by atomic mass is 35.5. The summed E-state index contributed by atoms with van der Waals surface area (Å²) in [5, 5.41) is 21.2. The maximum Gasteiger partial charge on any atom is 0.335 e. The molecule has 4 aromatic rings. The van der Waals surface area contributed by atoms with Gasteiger partial charge in [-0.1, -0.05) is 54.9 Å². The summed E-state index contributed by atoms with van der Waals surface area (Å²) in [4.78, 5) is 11.2. The lowest BCUT2D eigenvalue weighted by atomic mass is 10.1. The molecule has 0 atom stereocenters. The molecule has 9 heteroatoms. The molecule has 3 aromatic carbocycles. The highest BCUT2D eigenvalue weighted by molar-refractivity contribution is 6.32. The van der Waals surface area contributed by atoms with Gasteiger partial charge in [-0.05, 0) is 65.9 Å². The van der Waals surface area contributed by atoms with Crippen molar-refractivity contribution in [2.45, 2.75) is 46.4 Å². The average molecular weight is 523 g/mol. The number of carboxylic acid groups (broad SMARTS) is 1. The lowest BCUT2D eigenvalue weighted by molar-refractivity contribution is 0.0696. The molecule has 0 saturated heterocycles. The van der Waals surface area contributed by atoms with E-state index < -0.39 is 11.8 Å². The van der Waals surface area contributed by atoms with Crippen molar-refractivity contribution >= 4 is 17.6 Å². The fraction of sp³-hybridized carbons (Fsp3) is 0.250. The second kappa shape index (κ2) is 11.5. The van der Waals surface area contributed by atoms with E-state index in [2.05, 4.69) is 15.6 Å². The van der Waals surface area contributed by atoms with Crippen LogP contribution in [0.15, 0.2) is 60.7 Å². The number of aromatic nitrogens is 3. The fourth-order valence-corrected chi connectivity index (χ4v) is 4.28. The molecule has 0 radical (unpaired) electrons. The molecule has 192 valence electrons. The number of carboxylic acids is 1. The zero-order valence-corrected chi connectivity index (χ0v) is 21.6. The van der Waals surface area contributed by atoms with Gasteiger partial charge in [0.05, 0.1) is 16.3 Å². The number of benzene rings is 3. The number of nitrogens with zero attached hydrogens (tertiary/aromatic N) is 3. The van der Waals surface area contributed by atoms with Crippen molar-refractivity contribution in [2.24, 2.45) is 0 Å². The predicted octanol–water partition coefficient (Wildman–Crippen LogP) is 6.06. The molecule has 0 saturated carbocycles. The van der Waals surface area contributed by atoms with Crippen LogP contribution in [0.3, 0.4) is 0 Å². The maximum atomic E-state index is 14.6. The highest BCUT2D eigenvalue weighted by Gasteiger charge is 2.21. The van der Waals surface area contributed by atoms with Gasteiger partial charge in [-0.15, -0.1) is 5.10 Å². The smallest absolute Gasteiger partial charge is 0.335 e. The Bertz CT molecular complexity index is 1400. The van der Waals surface area contributed by atoms with Gasteiger partial charge in [-0.25, -0.2) is 13.9 Å². The van der Waals surface area contributed by atoms with Gasteiger partial charge in [0.15, 0.2) is 0 Å². The van der Waals surface area contributed by atoms with Crippen LogP contribution in [0.2, 0.25) is 5.02 Å². The molecule has 0 bridgehead atoms. The Morgan fingerprint density at radius 2 is 1.92 bits per heavy atom. The Morgan fingerprint density at radius 3 is 2.62 bits per heavy atom. The van der Waals surface area contributed by atoms with Gasteiger partial charge in [-0.3, -0.25) is 0 Å². The minimum atomic E-state index is -0.940. The molecule has 0 aliphatic carbocycles. The number of ether oxygens (including phenoxy) is 1. The van der Waals surface area contributed by atoms with E-state index in [9.17, 15) is 9.18 Å². The molecule has 2 N–H and O–H groups in total. The number of aryl methyl sites for hydroxylation is 1. The van der Waals surface area contributed by atoms with E-state index in [4.69, 9.17) is 21.4 Å². The summed E-state index contributed by atoms with van der Waals surface area (Å²) < 4.78 is 22.1. The third-order valence-corrected chi connectivity index (χ3v) is 6.30. The quantitative estimate of drug-likeness (QED) is 0.263. The van der Waals surface area contributed by atoms with Crippen LogP contribution in [0, 0.1) is 12.7 Å². The van der Waals surface area contributed by atoms with Crippen molar-refractivity contribution in [3.05, 3.63) is 105 Å². The van der Waals surface area contributed by atoms with E-state index >= 15 is 0 Å².